The first kappa shape index (κ1) is 19.9. The van der Waals surface area contributed by atoms with Crippen LogP contribution in [-0.4, -0.2) is 17.9 Å². The van der Waals surface area contributed by atoms with Crippen LogP contribution in [0.4, 0.5) is 17.1 Å². The minimum atomic E-state index is -0.500. The van der Waals surface area contributed by atoms with E-state index in [1.807, 2.05) is 37.3 Å². The first-order chi connectivity index (χ1) is 14.0. The molecule has 0 aliphatic rings. The molecule has 1 amide bonds. The highest BCUT2D eigenvalue weighted by Gasteiger charge is 2.20. The number of hydrogen-bond donors (Lipinski definition) is 2. The third-order valence-corrected chi connectivity index (χ3v) is 4.48. The lowest BCUT2D eigenvalue weighted by molar-refractivity contribution is -0.384. The van der Waals surface area contributed by atoms with Crippen molar-refractivity contribution in [3.63, 3.8) is 0 Å². The molecule has 29 heavy (non-hydrogen) atoms. The van der Waals surface area contributed by atoms with Gasteiger partial charge in [0.2, 0.25) is 0 Å². The number of nitrogens with one attached hydrogen (secondary N) is 2. The zero-order valence-corrected chi connectivity index (χ0v) is 16.1. The third-order valence-electron chi connectivity index (χ3n) is 4.48. The lowest BCUT2D eigenvalue weighted by Gasteiger charge is -2.16. The molecule has 0 fully saturated rings. The quantitative estimate of drug-likeness (QED) is 0.435. The average molecular weight is 391 g/mol. The molecule has 2 N–H and O–H groups in total. The van der Waals surface area contributed by atoms with Crippen molar-refractivity contribution in [1.82, 2.24) is 0 Å². The number of anilines is 2. The summed E-state index contributed by atoms with van der Waals surface area (Å²) in [5.74, 6) is 0.0468. The number of ether oxygens (including phenoxy) is 1. The summed E-state index contributed by atoms with van der Waals surface area (Å²) in [7, 11) is 1.50. The van der Waals surface area contributed by atoms with Crippen molar-refractivity contribution < 1.29 is 14.5 Å². The van der Waals surface area contributed by atoms with Crippen molar-refractivity contribution in [2.24, 2.45) is 0 Å². The molecule has 0 radical (unpaired) electrons. The molecule has 7 heteroatoms. The predicted octanol–water partition coefficient (Wildman–Crippen LogP) is 5.03. The second kappa shape index (κ2) is 8.88. The Kier molecular flexibility index (Phi) is 6.09. The van der Waals surface area contributed by atoms with Gasteiger partial charge in [-0.15, -0.1) is 0 Å². The van der Waals surface area contributed by atoms with Crippen LogP contribution < -0.4 is 15.4 Å². The van der Waals surface area contributed by atoms with E-state index in [4.69, 9.17) is 4.74 Å². The lowest BCUT2D eigenvalue weighted by atomic mass is 10.1. The monoisotopic (exact) mass is 391 g/mol. The van der Waals surface area contributed by atoms with Crippen molar-refractivity contribution in [2.75, 3.05) is 17.7 Å². The van der Waals surface area contributed by atoms with Crippen molar-refractivity contribution in [3.05, 3.63) is 94.0 Å². The van der Waals surface area contributed by atoms with Crippen molar-refractivity contribution in [1.29, 1.82) is 0 Å². The zero-order chi connectivity index (χ0) is 20.8. The number of para-hydroxylation sites is 2. The van der Waals surface area contributed by atoms with Crippen molar-refractivity contribution in [3.8, 4) is 5.75 Å². The summed E-state index contributed by atoms with van der Waals surface area (Å²) in [5, 5.41) is 17.5. The van der Waals surface area contributed by atoms with Crippen LogP contribution in [0.25, 0.3) is 0 Å². The van der Waals surface area contributed by atoms with Crippen LogP contribution in [0.5, 0.6) is 5.75 Å². The van der Waals surface area contributed by atoms with Crippen molar-refractivity contribution in [2.45, 2.75) is 13.0 Å². The molecule has 0 aliphatic carbocycles. The summed E-state index contributed by atoms with van der Waals surface area (Å²) < 4.78 is 5.22. The van der Waals surface area contributed by atoms with Gasteiger partial charge in [0.05, 0.1) is 17.7 Å². The third kappa shape index (κ3) is 4.70. The molecule has 0 aromatic heterocycles. The highest BCUT2D eigenvalue weighted by atomic mass is 16.6. The minimum Gasteiger partial charge on any atom is -0.495 e. The number of nitrogens with zero attached hydrogens (tertiary/aromatic N) is 1. The van der Waals surface area contributed by atoms with Gasteiger partial charge in [0, 0.05) is 17.7 Å². The molecule has 3 aromatic rings. The number of rotatable bonds is 7. The number of carbonyl (C=O) groups excluding carboxylic acids is 1. The smallest absolute Gasteiger partial charge is 0.293 e. The van der Waals surface area contributed by atoms with E-state index in [1.165, 1.54) is 13.2 Å². The standard InChI is InChI=1S/C22H21N3O4/c1-15(16-8-4-3-5-9-16)23-18-13-12-17(14-20(18)25(27)28)22(26)24-19-10-6-7-11-21(19)29-2/h3-15,23H,1-2H3,(H,24,26)/t15-/m1/s1. The summed E-state index contributed by atoms with van der Waals surface area (Å²) in [6, 6.07) is 20.8. The highest BCUT2D eigenvalue weighted by Crippen LogP contribution is 2.30. The van der Waals surface area contributed by atoms with Gasteiger partial charge in [-0.05, 0) is 36.8 Å². The van der Waals surface area contributed by atoms with Gasteiger partial charge < -0.3 is 15.4 Å². The van der Waals surface area contributed by atoms with Gasteiger partial charge in [-0.25, -0.2) is 0 Å². The Hall–Kier alpha value is -3.87. The molecule has 148 valence electrons. The average Bonchev–Trinajstić information content (AvgIpc) is 2.74. The number of carbonyl (C=O) groups is 1. The minimum absolute atomic E-state index is 0.136. The molecule has 3 rings (SSSR count). The highest BCUT2D eigenvalue weighted by molar-refractivity contribution is 6.05. The molecule has 0 aliphatic heterocycles. The van der Waals surface area contributed by atoms with Gasteiger partial charge in [-0.1, -0.05) is 42.5 Å². The predicted molar refractivity (Wildman–Crippen MR) is 113 cm³/mol. The van der Waals surface area contributed by atoms with E-state index >= 15 is 0 Å². The summed E-state index contributed by atoms with van der Waals surface area (Å²) in [6.07, 6.45) is 0. The van der Waals surface area contributed by atoms with E-state index in [0.717, 1.165) is 5.56 Å². The number of nitro groups is 1. The maximum absolute atomic E-state index is 12.6. The fraction of sp³-hybridized carbons (Fsp3) is 0.136. The van der Waals surface area contributed by atoms with Crippen LogP contribution in [0.3, 0.4) is 0 Å². The molecule has 0 unspecified atom stereocenters. The molecular formula is C22H21N3O4. The molecule has 0 heterocycles. The Bertz CT molecular complexity index is 1020. The summed E-state index contributed by atoms with van der Waals surface area (Å²) in [5.41, 5.74) is 1.85. The molecule has 1 atom stereocenters. The number of hydrogen-bond acceptors (Lipinski definition) is 5. The SMILES string of the molecule is COc1ccccc1NC(=O)c1ccc(N[C@H](C)c2ccccc2)c([N+](=O)[O-])c1. The van der Waals surface area contributed by atoms with Gasteiger partial charge in [0.25, 0.3) is 11.6 Å². The van der Waals surface area contributed by atoms with Gasteiger partial charge in [-0.3, -0.25) is 14.9 Å². The van der Waals surface area contributed by atoms with E-state index in [9.17, 15) is 14.9 Å². The van der Waals surface area contributed by atoms with Gasteiger partial charge >= 0.3 is 0 Å². The fourth-order valence-corrected chi connectivity index (χ4v) is 2.95. The number of nitro benzene ring substituents is 1. The summed E-state index contributed by atoms with van der Waals surface area (Å²) in [6.45, 7) is 1.92. The van der Waals surface area contributed by atoms with Crippen LogP contribution >= 0.6 is 0 Å². The second-order valence-electron chi connectivity index (χ2n) is 6.42. The van der Waals surface area contributed by atoms with Crippen LogP contribution in [-0.2, 0) is 0 Å². The Balaban J connectivity index is 1.84. The Morgan fingerprint density at radius 1 is 1.00 bits per heavy atom. The lowest BCUT2D eigenvalue weighted by Crippen LogP contribution is -2.14. The van der Waals surface area contributed by atoms with E-state index in [1.54, 1.807) is 36.4 Å². The van der Waals surface area contributed by atoms with Crippen molar-refractivity contribution >= 4 is 23.0 Å². The van der Waals surface area contributed by atoms with E-state index < -0.39 is 10.8 Å². The van der Waals surface area contributed by atoms with Crippen LogP contribution in [0, 0.1) is 10.1 Å². The molecule has 3 aromatic carbocycles. The number of amides is 1. The largest absolute Gasteiger partial charge is 0.495 e. The Morgan fingerprint density at radius 2 is 1.69 bits per heavy atom. The van der Waals surface area contributed by atoms with E-state index in [0.29, 0.717) is 17.1 Å². The van der Waals surface area contributed by atoms with E-state index in [2.05, 4.69) is 10.6 Å². The number of methoxy groups -OCH3 is 1. The topological polar surface area (TPSA) is 93.5 Å². The maximum Gasteiger partial charge on any atom is 0.293 e. The van der Waals surface area contributed by atoms with Gasteiger partial charge in [-0.2, -0.15) is 0 Å². The number of benzene rings is 3. The zero-order valence-electron chi connectivity index (χ0n) is 16.1. The molecule has 0 saturated carbocycles. The first-order valence-corrected chi connectivity index (χ1v) is 9.04. The first-order valence-electron chi connectivity index (χ1n) is 9.04. The van der Waals surface area contributed by atoms with Crippen LogP contribution in [0.15, 0.2) is 72.8 Å². The van der Waals surface area contributed by atoms with E-state index in [-0.39, 0.29) is 17.3 Å². The van der Waals surface area contributed by atoms with Gasteiger partial charge in [0.1, 0.15) is 11.4 Å². The second-order valence-corrected chi connectivity index (χ2v) is 6.42. The molecule has 0 saturated heterocycles. The fourth-order valence-electron chi connectivity index (χ4n) is 2.95. The summed E-state index contributed by atoms with van der Waals surface area (Å²) in [4.78, 5) is 23.7. The molecule has 0 bridgehead atoms. The van der Waals surface area contributed by atoms with Crippen LogP contribution in [0.1, 0.15) is 28.9 Å². The summed E-state index contributed by atoms with van der Waals surface area (Å²) >= 11 is 0. The Labute approximate surface area is 168 Å². The normalized spacial score (nSPS) is 11.4. The molecule has 7 nitrogen and oxygen atoms in total. The van der Waals surface area contributed by atoms with Crippen LogP contribution in [0.2, 0.25) is 0 Å². The van der Waals surface area contributed by atoms with Gasteiger partial charge in [0.15, 0.2) is 0 Å². The molecule has 0 spiro atoms. The maximum atomic E-state index is 12.6. The molecular weight excluding hydrogens is 370 g/mol. The Morgan fingerprint density at radius 3 is 2.38 bits per heavy atom.